The van der Waals surface area contributed by atoms with Gasteiger partial charge in [-0.3, -0.25) is 9.69 Å². The third-order valence-corrected chi connectivity index (χ3v) is 6.19. The van der Waals surface area contributed by atoms with Crippen molar-refractivity contribution in [3.05, 3.63) is 65.7 Å². The molecule has 0 unspecified atom stereocenters. The minimum Gasteiger partial charge on any atom is -0.445 e. The van der Waals surface area contributed by atoms with E-state index in [1.807, 2.05) is 56.3 Å². The molecule has 164 valence electrons. The van der Waals surface area contributed by atoms with Gasteiger partial charge >= 0.3 is 6.09 Å². The van der Waals surface area contributed by atoms with Gasteiger partial charge in [-0.1, -0.05) is 42.5 Å². The highest BCUT2D eigenvalue weighted by atomic mass is 16.6. The van der Waals surface area contributed by atoms with Gasteiger partial charge < -0.3 is 14.4 Å². The molecule has 0 aliphatic carbocycles. The van der Waals surface area contributed by atoms with Crippen LogP contribution in [0.2, 0.25) is 0 Å². The smallest absolute Gasteiger partial charge is 0.411 e. The summed E-state index contributed by atoms with van der Waals surface area (Å²) >= 11 is 0. The van der Waals surface area contributed by atoms with Crippen molar-refractivity contribution in [3.8, 4) is 0 Å². The van der Waals surface area contributed by atoms with Crippen LogP contribution in [0.5, 0.6) is 0 Å². The molecule has 4 rings (SSSR count). The maximum Gasteiger partial charge on any atom is 0.411 e. The van der Waals surface area contributed by atoms with Crippen LogP contribution >= 0.6 is 0 Å². The highest BCUT2D eigenvalue weighted by Crippen LogP contribution is 2.31. The molecule has 2 saturated heterocycles. The van der Waals surface area contributed by atoms with E-state index < -0.39 is 11.6 Å². The summed E-state index contributed by atoms with van der Waals surface area (Å²) in [6, 6.07) is 17.8. The SMILES string of the molecule is CC1(C)CN(c2ccc(C3CCOCC3)cc2)C(=O)CN1C(=O)OCc1ccccc1. The van der Waals surface area contributed by atoms with Gasteiger partial charge in [0, 0.05) is 25.4 Å². The summed E-state index contributed by atoms with van der Waals surface area (Å²) in [6.45, 7) is 6.16. The first-order valence-corrected chi connectivity index (χ1v) is 10.9. The Kier molecular flexibility index (Phi) is 6.28. The molecule has 0 saturated carbocycles. The topological polar surface area (TPSA) is 59.1 Å². The van der Waals surface area contributed by atoms with Crippen molar-refractivity contribution in [1.82, 2.24) is 4.90 Å². The number of piperazine rings is 1. The fourth-order valence-electron chi connectivity index (χ4n) is 4.30. The van der Waals surface area contributed by atoms with Crippen molar-refractivity contribution in [2.45, 2.75) is 44.8 Å². The normalized spacial score (nSPS) is 19.4. The zero-order valence-corrected chi connectivity index (χ0v) is 18.3. The number of hydrogen-bond acceptors (Lipinski definition) is 4. The van der Waals surface area contributed by atoms with Crippen LogP contribution in [0.25, 0.3) is 0 Å². The second kappa shape index (κ2) is 9.10. The van der Waals surface area contributed by atoms with Gasteiger partial charge in [0.05, 0.1) is 5.54 Å². The van der Waals surface area contributed by atoms with Gasteiger partial charge in [0.15, 0.2) is 0 Å². The number of carbonyl (C=O) groups excluding carboxylic acids is 2. The average Bonchev–Trinajstić information content (AvgIpc) is 2.80. The summed E-state index contributed by atoms with van der Waals surface area (Å²) in [5.74, 6) is 0.418. The lowest BCUT2D eigenvalue weighted by Crippen LogP contribution is -2.63. The van der Waals surface area contributed by atoms with E-state index >= 15 is 0 Å². The molecular formula is C25H30N2O4. The first-order chi connectivity index (χ1) is 14.9. The standard InChI is InChI=1S/C25H30N2O4/c1-25(2)18-26(22-10-8-20(9-11-22)21-12-14-30-15-13-21)23(28)16-27(25)24(29)31-17-19-6-4-3-5-7-19/h3-11,21H,12-18H2,1-2H3. The van der Waals surface area contributed by atoms with Crippen molar-refractivity contribution in [2.75, 3.05) is 31.2 Å². The predicted octanol–water partition coefficient (Wildman–Crippen LogP) is 4.34. The van der Waals surface area contributed by atoms with Crippen LogP contribution in [0, 0.1) is 0 Å². The molecule has 31 heavy (non-hydrogen) atoms. The number of ether oxygens (including phenoxy) is 2. The van der Waals surface area contributed by atoms with Gasteiger partial charge in [-0.15, -0.1) is 0 Å². The zero-order chi connectivity index (χ0) is 21.8. The molecule has 0 N–H and O–H groups in total. The molecule has 0 bridgehead atoms. The van der Waals surface area contributed by atoms with E-state index in [4.69, 9.17) is 9.47 Å². The van der Waals surface area contributed by atoms with Crippen LogP contribution in [-0.2, 0) is 20.9 Å². The predicted molar refractivity (Wildman–Crippen MR) is 119 cm³/mol. The molecule has 0 radical (unpaired) electrons. The van der Waals surface area contributed by atoms with E-state index in [1.165, 1.54) is 10.5 Å². The maximum absolute atomic E-state index is 12.9. The third-order valence-electron chi connectivity index (χ3n) is 6.19. The summed E-state index contributed by atoms with van der Waals surface area (Å²) < 4.78 is 10.9. The summed E-state index contributed by atoms with van der Waals surface area (Å²) in [7, 11) is 0. The van der Waals surface area contributed by atoms with Crippen LogP contribution in [-0.4, -0.2) is 48.7 Å². The van der Waals surface area contributed by atoms with E-state index in [1.54, 1.807) is 4.90 Å². The first-order valence-electron chi connectivity index (χ1n) is 10.9. The van der Waals surface area contributed by atoms with Crippen molar-refractivity contribution < 1.29 is 19.1 Å². The minimum atomic E-state index is -0.541. The van der Waals surface area contributed by atoms with Crippen molar-refractivity contribution in [2.24, 2.45) is 0 Å². The molecular weight excluding hydrogens is 392 g/mol. The Balaban J connectivity index is 1.41. The lowest BCUT2D eigenvalue weighted by Gasteiger charge is -2.45. The molecule has 6 nitrogen and oxygen atoms in total. The van der Waals surface area contributed by atoms with Crippen LogP contribution in [0.15, 0.2) is 54.6 Å². The van der Waals surface area contributed by atoms with Gasteiger partial charge in [0.1, 0.15) is 13.2 Å². The van der Waals surface area contributed by atoms with Gasteiger partial charge in [-0.2, -0.15) is 0 Å². The first kappa shape index (κ1) is 21.4. The minimum absolute atomic E-state index is 0.00232. The number of nitrogens with zero attached hydrogens (tertiary/aromatic N) is 2. The largest absolute Gasteiger partial charge is 0.445 e. The van der Waals surface area contributed by atoms with Crippen LogP contribution in [0.4, 0.5) is 10.5 Å². The lowest BCUT2D eigenvalue weighted by molar-refractivity contribution is -0.123. The van der Waals surface area contributed by atoms with Gasteiger partial charge in [-0.25, -0.2) is 4.79 Å². The molecule has 6 heteroatoms. The Hall–Kier alpha value is -2.86. The Labute approximate surface area is 183 Å². The number of amides is 2. The molecule has 2 heterocycles. The second-order valence-corrected chi connectivity index (χ2v) is 8.90. The zero-order valence-electron chi connectivity index (χ0n) is 18.3. The molecule has 0 spiro atoms. The van der Waals surface area contributed by atoms with Crippen LogP contribution < -0.4 is 4.90 Å². The summed E-state index contributed by atoms with van der Waals surface area (Å²) in [5, 5.41) is 0. The Morgan fingerprint density at radius 1 is 1.06 bits per heavy atom. The summed E-state index contributed by atoms with van der Waals surface area (Å²) in [4.78, 5) is 28.9. The Morgan fingerprint density at radius 3 is 2.42 bits per heavy atom. The van der Waals surface area contributed by atoms with E-state index in [9.17, 15) is 9.59 Å². The quantitative estimate of drug-likeness (QED) is 0.735. The number of carbonyl (C=O) groups is 2. The average molecular weight is 423 g/mol. The van der Waals surface area contributed by atoms with Gasteiger partial charge in [0.2, 0.25) is 5.91 Å². The second-order valence-electron chi connectivity index (χ2n) is 8.90. The highest BCUT2D eigenvalue weighted by molar-refractivity contribution is 5.97. The molecule has 2 aromatic carbocycles. The maximum atomic E-state index is 12.9. The van der Waals surface area contributed by atoms with Crippen LogP contribution in [0.3, 0.4) is 0 Å². The Bertz CT molecular complexity index is 905. The number of hydrogen-bond donors (Lipinski definition) is 0. The highest BCUT2D eigenvalue weighted by Gasteiger charge is 2.42. The fourth-order valence-corrected chi connectivity index (χ4v) is 4.30. The fraction of sp³-hybridized carbons (Fsp3) is 0.440. The number of anilines is 1. The summed E-state index contributed by atoms with van der Waals surface area (Å²) in [6.07, 6.45) is 1.61. The van der Waals surface area contributed by atoms with E-state index in [-0.39, 0.29) is 19.1 Å². The van der Waals surface area contributed by atoms with E-state index in [2.05, 4.69) is 12.1 Å². The Morgan fingerprint density at radius 2 is 1.74 bits per heavy atom. The number of rotatable bonds is 4. The van der Waals surface area contributed by atoms with E-state index in [0.29, 0.717) is 12.5 Å². The summed E-state index contributed by atoms with van der Waals surface area (Å²) in [5.41, 5.74) is 2.54. The van der Waals surface area contributed by atoms with E-state index in [0.717, 1.165) is 37.3 Å². The number of benzene rings is 2. The monoisotopic (exact) mass is 422 g/mol. The lowest BCUT2D eigenvalue weighted by atomic mass is 9.91. The molecule has 2 amide bonds. The third kappa shape index (κ3) is 4.90. The van der Waals surface area contributed by atoms with Gasteiger partial charge in [0.25, 0.3) is 0 Å². The molecule has 2 fully saturated rings. The van der Waals surface area contributed by atoms with Crippen molar-refractivity contribution >= 4 is 17.7 Å². The van der Waals surface area contributed by atoms with Crippen LogP contribution in [0.1, 0.15) is 43.7 Å². The molecule has 2 aliphatic rings. The molecule has 2 aliphatic heterocycles. The molecule has 2 aromatic rings. The molecule has 0 atom stereocenters. The van der Waals surface area contributed by atoms with Crippen molar-refractivity contribution in [1.29, 1.82) is 0 Å². The molecule has 0 aromatic heterocycles. The van der Waals surface area contributed by atoms with Crippen molar-refractivity contribution in [3.63, 3.8) is 0 Å². The van der Waals surface area contributed by atoms with Gasteiger partial charge in [-0.05, 0) is 55.9 Å².